The number of allylic oxidation sites excluding steroid dienone is 4. The van der Waals surface area contributed by atoms with Crippen molar-refractivity contribution in [3.05, 3.63) is 65.3 Å². The fraction of sp³-hybridized carbons (Fsp3) is 0.333. The van der Waals surface area contributed by atoms with Gasteiger partial charge in [0.15, 0.2) is 0 Å². The lowest BCUT2D eigenvalue weighted by molar-refractivity contribution is 1.02. The third kappa shape index (κ3) is 2.81. The highest BCUT2D eigenvalue weighted by Gasteiger charge is 2.23. The Morgan fingerprint density at radius 3 is 2.29 bits per heavy atom. The van der Waals surface area contributed by atoms with Crippen molar-refractivity contribution in [1.82, 2.24) is 0 Å². The first kappa shape index (κ1) is 15.6. The van der Waals surface area contributed by atoms with Gasteiger partial charge in [-0.05, 0) is 52.3 Å². The molecule has 0 radical (unpaired) electrons. The molecular weight excluding hydrogens is 252 g/mol. The molecule has 4 rings (SSSR count). The summed E-state index contributed by atoms with van der Waals surface area (Å²) in [5.74, 6) is 0. The van der Waals surface area contributed by atoms with Crippen molar-refractivity contribution < 1.29 is 0 Å². The molecule has 0 aromatic heterocycles. The van der Waals surface area contributed by atoms with E-state index < -0.39 is 0 Å². The highest BCUT2D eigenvalue weighted by atomic mass is 14.3. The Kier molecular flexibility index (Phi) is 5.38. The second kappa shape index (κ2) is 7.26. The van der Waals surface area contributed by atoms with Crippen molar-refractivity contribution in [3.63, 3.8) is 0 Å². The first-order valence-electron chi connectivity index (χ1n) is 8.34. The molecule has 0 nitrogen and oxygen atoms in total. The zero-order chi connectivity index (χ0) is 15.2. The normalized spacial score (nSPS) is 14.7. The van der Waals surface area contributed by atoms with Crippen molar-refractivity contribution >= 4 is 16.3 Å². The summed E-state index contributed by atoms with van der Waals surface area (Å²) in [6, 6.07) is 13.3. The lowest BCUT2D eigenvalue weighted by atomic mass is 9.94. The van der Waals surface area contributed by atoms with Crippen molar-refractivity contribution in [2.24, 2.45) is 0 Å². The Morgan fingerprint density at radius 1 is 0.762 bits per heavy atom. The first-order chi connectivity index (χ1) is 10.4. The average molecular weight is 278 g/mol. The molecule has 0 spiro atoms. The summed E-state index contributed by atoms with van der Waals surface area (Å²) in [7, 11) is 0. The lowest BCUT2D eigenvalue weighted by Crippen LogP contribution is -1.88. The van der Waals surface area contributed by atoms with E-state index in [1.807, 2.05) is 27.7 Å². The second-order valence-electron chi connectivity index (χ2n) is 4.92. The van der Waals surface area contributed by atoms with Crippen LogP contribution in [0, 0.1) is 0 Å². The van der Waals surface area contributed by atoms with Crippen LogP contribution in [0.3, 0.4) is 0 Å². The van der Waals surface area contributed by atoms with E-state index in [1.165, 1.54) is 40.3 Å². The summed E-state index contributed by atoms with van der Waals surface area (Å²) in [5.41, 5.74) is 6.04. The molecule has 0 saturated carbocycles. The molecule has 0 saturated heterocycles. The first-order valence-corrected chi connectivity index (χ1v) is 8.34. The van der Waals surface area contributed by atoms with E-state index >= 15 is 0 Å². The van der Waals surface area contributed by atoms with Crippen LogP contribution < -0.4 is 0 Å². The van der Waals surface area contributed by atoms with E-state index in [0.717, 1.165) is 6.42 Å². The van der Waals surface area contributed by atoms with Gasteiger partial charge in [0.1, 0.15) is 0 Å². The molecule has 21 heavy (non-hydrogen) atoms. The highest BCUT2D eigenvalue weighted by molar-refractivity contribution is 6.01. The average Bonchev–Trinajstić information content (AvgIpc) is 2.97. The van der Waals surface area contributed by atoms with Gasteiger partial charge >= 0.3 is 0 Å². The van der Waals surface area contributed by atoms with Crippen LogP contribution >= 0.6 is 0 Å². The standard InChI is InChI=1S/C17H14.2C2H6/c1-3-7-15-12(5-1)9-10-14-11-13-6-2-4-8-16(13)17(14)15;2*1-2/h1,3,5-10H,2,4,11H2;2*1-2H3. The van der Waals surface area contributed by atoms with E-state index in [-0.39, 0.29) is 0 Å². The van der Waals surface area contributed by atoms with E-state index in [1.54, 1.807) is 5.57 Å². The molecule has 0 atom stereocenters. The monoisotopic (exact) mass is 278 g/mol. The van der Waals surface area contributed by atoms with Crippen LogP contribution in [0.15, 0.2) is 54.1 Å². The van der Waals surface area contributed by atoms with Gasteiger partial charge in [0.05, 0.1) is 0 Å². The predicted octanol–water partition coefficient (Wildman–Crippen LogP) is 6.55. The Hall–Kier alpha value is -1.82. The summed E-state index contributed by atoms with van der Waals surface area (Å²) < 4.78 is 0. The molecule has 0 N–H and O–H groups in total. The summed E-state index contributed by atoms with van der Waals surface area (Å²) in [4.78, 5) is 0. The summed E-state index contributed by atoms with van der Waals surface area (Å²) in [5, 5.41) is 2.78. The molecule has 0 heteroatoms. The SMILES string of the molecule is C1=C2Cc3ccc4ccccc4c3C2=CCC1.CC.CC. The molecule has 0 fully saturated rings. The van der Waals surface area contributed by atoms with Crippen LogP contribution in [-0.2, 0) is 6.42 Å². The van der Waals surface area contributed by atoms with Gasteiger partial charge in [-0.25, -0.2) is 0 Å². The Morgan fingerprint density at radius 2 is 1.48 bits per heavy atom. The smallest absolute Gasteiger partial charge is 0.00165 e. The molecule has 2 aliphatic carbocycles. The van der Waals surface area contributed by atoms with Crippen LogP contribution in [0.25, 0.3) is 16.3 Å². The molecule has 110 valence electrons. The van der Waals surface area contributed by atoms with Gasteiger partial charge < -0.3 is 0 Å². The Balaban J connectivity index is 0.000000374. The third-order valence-corrected chi connectivity index (χ3v) is 3.92. The number of fused-ring (bicyclic) bond motifs is 5. The molecule has 0 heterocycles. The number of hydrogen-bond acceptors (Lipinski definition) is 0. The van der Waals surface area contributed by atoms with Gasteiger partial charge in [-0.3, -0.25) is 0 Å². The predicted molar refractivity (Wildman–Crippen MR) is 95.6 cm³/mol. The zero-order valence-electron chi connectivity index (χ0n) is 13.7. The number of benzene rings is 2. The van der Waals surface area contributed by atoms with Crippen LogP contribution in [-0.4, -0.2) is 0 Å². The second-order valence-corrected chi connectivity index (χ2v) is 4.92. The van der Waals surface area contributed by atoms with Crippen LogP contribution in [0.1, 0.15) is 51.7 Å². The quantitative estimate of drug-likeness (QED) is 0.512. The highest BCUT2D eigenvalue weighted by Crippen LogP contribution is 2.42. The minimum atomic E-state index is 1.13. The summed E-state index contributed by atoms with van der Waals surface area (Å²) in [6.07, 6.45) is 8.38. The maximum atomic E-state index is 2.42. The molecular formula is C21H26. The lowest BCUT2D eigenvalue weighted by Gasteiger charge is -2.10. The summed E-state index contributed by atoms with van der Waals surface area (Å²) >= 11 is 0. The minimum absolute atomic E-state index is 1.13. The van der Waals surface area contributed by atoms with Crippen LogP contribution in [0.5, 0.6) is 0 Å². The minimum Gasteiger partial charge on any atom is -0.0801 e. The fourth-order valence-corrected chi connectivity index (χ4v) is 3.14. The van der Waals surface area contributed by atoms with E-state index in [9.17, 15) is 0 Å². The Bertz CT molecular complexity index is 671. The van der Waals surface area contributed by atoms with E-state index in [4.69, 9.17) is 0 Å². The number of rotatable bonds is 0. The van der Waals surface area contributed by atoms with Gasteiger partial charge in [0.2, 0.25) is 0 Å². The zero-order valence-corrected chi connectivity index (χ0v) is 13.7. The van der Waals surface area contributed by atoms with Gasteiger partial charge in [-0.15, -0.1) is 0 Å². The largest absolute Gasteiger partial charge is 0.0801 e. The van der Waals surface area contributed by atoms with E-state index in [0.29, 0.717) is 0 Å². The fourth-order valence-electron chi connectivity index (χ4n) is 3.14. The van der Waals surface area contributed by atoms with E-state index in [2.05, 4.69) is 48.6 Å². The van der Waals surface area contributed by atoms with Gasteiger partial charge in [-0.2, -0.15) is 0 Å². The van der Waals surface area contributed by atoms with Gasteiger partial charge in [0, 0.05) is 0 Å². The molecule has 2 aromatic carbocycles. The van der Waals surface area contributed by atoms with Crippen LogP contribution in [0.2, 0.25) is 0 Å². The van der Waals surface area contributed by atoms with Crippen molar-refractivity contribution in [2.45, 2.75) is 47.0 Å². The van der Waals surface area contributed by atoms with Gasteiger partial charge in [-0.1, -0.05) is 76.2 Å². The molecule has 2 aromatic rings. The van der Waals surface area contributed by atoms with Crippen molar-refractivity contribution in [3.8, 4) is 0 Å². The number of hydrogen-bond donors (Lipinski definition) is 0. The molecule has 0 unspecified atom stereocenters. The summed E-state index contributed by atoms with van der Waals surface area (Å²) in [6.45, 7) is 8.00. The maximum absolute atomic E-state index is 2.42. The molecule has 0 amide bonds. The van der Waals surface area contributed by atoms with Gasteiger partial charge in [0.25, 0.3) is 0 Å². The topological polar surface area (TPSA) is 0 Å². The maximum Gasteiger partial charge on any atom is -0.00165 e. The third-order valence-electron chi connectivity index (χ3n) is 3.92. The van der Waals surface area contributed by atoms with Crippen LogP contribution in [0.4, 0.5) is 0 Å². The molecule has 2 aliphatic rings. The molecule has 0 aliphatic heterocycles. The molecule has 0 bridgehead atoms. The van der Waals surface area contributed by atoms with Crippen molar-refractivity contribution in [2.75, 3.05) is 0 Å². The van der Waals surface area contributed by atoms with Crippen molar-refractivity contribution in [1.29, 1.82) is 0 Å². The Labute approximate surface area is 129 Å².